The van der Waals surface area contributed by atoms with E-state index in [-0.39, 0.29) is 5.91 Å². The van der Waals surface area contributed by atoms with Crippen molar-refractivity contribution in [1.82, 2.24) is 0 Å². The van der Waals surface area contributed by atoms with Gasteiger partial charge in [-0.05, 0) is 55.7 Å². The summed E-state index contributed by atoms with van der Waals surface area (Å²) in [7, 11) is 0. The van der Waals surface area contributed by atoms with Crippen molar-refractivity contribution >= 4 is 34.8 Å². The van der Waals surface area contributed by atoms with Gasteiger partial charge in [0.1, 0.15) is 0 Å². The van der Waals surface area contributed by atoms with E-state index >= 15 is 0 Å². The van der Waals surface area contributed by atoms with E-state index in [0.717, 1.165) is 37.2 Å². The number of rotatable bonds is 4. The molecule has 3 N–H and O–H groups in total. The highest BCUT2D eigenvalue weighted by molar-refractivity contribution is 6.33. The molecule has 1 heterocycles. The summed E-state index contributed by atoms with van der Waals surface area (Å²) in [6.45, 7) is 3.83. The summed E-state index contributed by atoms with van der Waals surface area (Å²) in [5.74, 6) is -0.812. The van der Waals surface area contributed by atoms with Crippen LogP contribution in [0.15, 0.2) is 36.4 Å². The number of aryl methyl sites for hydroxylation is 1. The number of carbonyl (C=O) groups excluding carboxylic acids is 2. The summed E-state index contributed by atoms with van der Waals surface area (Å²) < 4.78 is 0. The number of nitrogens with two attached hydrogens (primary N) is 1. The Morgan fingerprint density at radius 1 is 1.08 bits per heavy atom. The van der Waals surface area contributed by atoms with Crippen LogP contribution < -0.4 is 16.0 Å². The van der Waals surface area contributed by atoms with Gasteiger partial charge in [0.2, 0.25) is 5.91 Å². The molecule has 0 aliphatic carbocycles. The molecule has 0 radical (unpaired) electrons. The summed E-state index contributed by atoms with van der Waals surface area (Å²) in [6.07, 6.45) is 2.32. The van der Waals surface area contributed by atoms with Gasteiger partial charge in [0.05, 0.1) is 10.7 Å². The molecule has 0 bridgehead atoms. The summed E-state index contributed by atoms with van der Waals surface area (Å²) in [5.41, 5.74) is 8.48. The molecule has 0 spiro atoms. The molecule has 25 heavy (non-hydrogen) atoms. The minimum Gasteiger partial charge on any atom is -0.370 e. The number of carbonyl (C=O) groups is 2. The second kappa shape index (κ2) is 7.15. The van der Waals surface area contributed by atoms with Crippen LogP contribution in [-0.2, 0) is 0 Å². The Bertz CT molecular complexity index is 829. The largest absolute Gasteiger partial charge is 0.370 e. The van der Waals surface area contributed by atoms with Crippen molar-refractivity contribution in [2.24, 2.45) is 5.73 Å². The summed E-state index contributed by atoms with van der Waals surface area (Å²) in [6, 6.07) is 10.3. The van der Waals surface area contributed by atoms with Crippen molar-refractivity contribution in [3.8, 4) is 0 Å². The Morgan fingerprint density at radius 3 is 2.40 bits per heavy atom. The van der Waals surface area contributed by atoms with Crippen LogP contribution in [-0.4, -0.2) is 24.9 Å². The van der Waals surface area contributed by atoms with Crippen LogP contribution in [0.5, 0.6) is 0 Å². The molecule has 1 saturated heterocycles. The smallest absolute Gasteiger partial charge is 0.255 e. The number of hydrogen-bond acceptors (Lipinski definition) is 3. The molecule has 6 heteroatoms. The molecule has 0 saturated carbocycles. The second-order valence-electron chi connectivity index (χ2n) is 6.21. The van der Waals surface area contributed by atoms with Gasteiger partial charge in [-0.1, -0.05) is 17.7 Å². The second-order valence-corrected chi connectivity index (χ2v) is 6.62. The maximum atomic E-state index is 12.5. The van der Waals surface area contributed by atoms with Crippen molar-refractivity contribution in [2.75, 3.05) is 23.3 Å². The normalized spacial score (nSPS) is 13.8. The molecule has 3 rings (SSSR count). The first-order chi connectivity index (χ1) is 12.0. The van der Waals surface area contributed by atoms with E-state index in [1.807, 2.05) is 13.0 Å². The fourth-order valence-corrected chi connectivity index (χ4v) is 3.27. The highest BCUT2D eigenvalue weighted by Crippen LogP contribution is 2.30. The standard InChI is InChI=1S/C19H20ClN3O2/c1-12-4-5-13(18(21)24)11-16(12)22-19(25)14-6-7-17(15(20)10-14)23-8-2-3-9-23/h4-7,10-11H,2-3,8-9H2,1H3,(H2,21,24)(H,22,25). The maximum Gasteiger partial charge on any atom is 0.255 e. The van der Waals surface area contributed by atoms with E-state index in [0.29, 0.717) is 21.8 Å². The SMILES string of the molecule is Cc1ccc(C(N)=O)cc1NC(=O)c1ccc(N2CCCC2)c(Cl)c1. The number of nitrogens with one attached hydrogen (secondary N) is 1. The fraction of sp³-hybridized carbons (Fsp3) is 0.263. The predicted molar refractivity (Wildman–Crippen MR) is 101 cm³/mol. The zero-order valence-electron chi connectivity index (χ0n) is 14.0. The summed E-state index contributed by atoms with van der Waals surface area (Å²) in [5, 5.41) is 3.39. The molecule has 1 aliphatic rings. The van der Waals surface area contributed by atoms with Crippen LogP contribution in [0, 0.1) is 6.92 Å². The van der Waals surface area contributed by atoms with Gasteiger partial charge in [0.25, 0.3) is 5.91 Å². The molecule has 130 valence electrons. The lowest BCUT2D eigenvalue weighted by Gasteiger charge is -2.19. The molecule has 0 unspecified atom stereocenters. The van der Waals surface area contributed by atoms with Crippen LogP contribution in [0.2, 0.25) is 5.02 Å². The van der Waals surface area contributed by atoms with Crippen LogP contribution in [0.3, 0.4) is 0 Å². The number of benzene rings is 2. The molecule has 1 aliphatic heterocycles. The first-order valence-electron chi connectivity index (χ1n) is 8.22. The number of halogens is 1. The third-order valence-electron chi connectivity index (χ3n) is 4.43. The van der Waals surface area contributed by atoms with Gasteiger partial charge in [0, 0.05) is 29.9 Å². The Balaban J connectivity index is 1.81. The van der Waals surface area contributed by atoms with Gasteiger partial charge in [-0.3, -0.25) is 9.59 Å². The third kappa shape index (κ3) is 3.77. The quantitative estimate of drug-likeness (QED) is 0.877. The number of anilines is 2. The molecule has 0 atom stereocenters. The van der Waals surface area contributed by atoms with Crippen LogP contribution in [0.1, 0.15) is 39.1 Å². The van der Waals surface area contributed by atoms with E-state index in [2.05, 4.69) is 10.2 Å². The Labute approximate surface area is 151 Å². The highest BCUT2D eigenvalue weighted by Gasteiger charge is 2.17. The molecule has 0 aromatic heterocycles. The Morgan fingerprint density at radius 2 is 1.76 bits per heavy atom. The first kappa shape index (κ1) is 17.3. The molecule has 5 nitrogen and oxygen atoms in total. The van der Waals surface area contributed by atoms with Gasteiger partial charge in [-0.2, -0.15) is 0 Å². The lowest BCUT2D eigenvalue weighted by molar-refractivity contribution is 0.0996. The maximum absolute atomic E-state index is 12.5. The van der Waals surface area contributed by atoms with Crippen LogP contribution in [0.25, 0.3) is 0 Å². The summed E-state index contributed by atoms with van der Waals surface area (Å²) in [4.78, 5) is 26.1. The number of primary amides is 1. The first-order valence-corrected chi connectivity index (χ1v) is 8.60. The van der Waals surface area contributed by atoms with Gasteiger partial charge < -0.3 is 16.0 Å². The molecule has 2 aromatic rings. The molecular formula is C19H20ClN3O2. The zero-order chi connectivity index (χ0) is 18.0. The monoisotopic (exact) mass is 357 g/mol. The molecule has 1 fully saturated rings. The molecular weight excluding hydrogens is 338 g/mol. The van der Waals surface area contributed by atoms with Gasteiger partial charge >= 0.3 is 0 Å². The van der Waals surface area contributed by atoms with E-state index in [4.69, 9.17) is 17.3 Å². The van der Waals surface area contributed by atoms with Crippen molar-refractivity contribution in [1.29, 1.82) is 0 Å². The van der Waals surface area contributed by atoms with E-state index in [9.17, 15) is 9.59 Å². The lowest BCUT2D eigenvalue weighted by Crippen LogP contribution is -2.19. The van der Waals surface area contributed by atoms with Crippen LogP contribution >= 0.6 is 11.6 Å². The third-order valence-corrected chi connectivity index (χ3v) is 4.73. The number of nitrogens with zero attached hydrogens (tertiary/aromatic N) is 1. The van der Waals surface area contributed by atoms with E-state index in [1.54, 1.807) is 30.3 Å². The zero-order valence-corrected chi connectivity index (χ0v) is 14.8. The van der Waals surface area contributed by atoms with Crippen molar-refractivity contribution in [3.05, 3.63) is 58.1 Å². The van der Waals surface area contributed by atoms with Gasteiger partial charge in [0.15, 0.2) is 0 Å². The van der Waals surface area contributed by atoms with Crippen molar-refractivity contribution < 1.29 is 9.59 Å². The summed E-state index contributed by atoms with van der Waals surface area (Å²) >= 11 is 6.37. The molecule has 2 amide bonds. The average Bonchev–Trinajstić information content (AvgIpc) is 3.10. The van der Waals surface area contributed by atoms with E-state index < -0.39 is 5.91 Å². The van der Waals surface area contributed by atoms with Crippen molar-refractivity contribution in [2.45, 2.75) is 19.8 Å². The highest BCUT2D eigenvalue weighted by atomic mass is 35.5. The predicted octanol–water partition coefficient (Wildman–Crippen LogP) is 3.60. The van der Waals surface area contributed by atoms with E-state index in [1.165, 1.54) is 0 Å². The average molecular weight is 358 g/mol. The van der Waals surface area contributed by atoms with Gasteiger partial charge in [-0.25, -0.2) is 0 Å². The lowest BCUT2D eigenvalue weighted by atomic mass is 10.1. The topological polar surface area (TPSA) is 75.4 Å². The number of hydrogen-bond donors (Lipinski definition) is 2. The molecule has 2 aromatic carbocycles. The Hall–Kier alpha value is -2.53. The minimum absolute atomic E-state index is 0.278. The minimum atomic E-state index is -0.534. The Kier molecular flexibility index (Phi) is 4.95. The number of amides is 2. The van der Waals surface area contributed by atoms with Crippen LogP contribution in [0.4, 0.5) is 11.4 Å². The van der Waals surface area contributed by atoms with Crippen molar-refractivity contribution in [3.63, 3.8) is 0 Å². The van der Waals surface area contributed by atoms with Gasteiger partial charge in [-0.15, -0.1) is 0 Å². The fourth-order valence-electron chi connectivity index (χ4n) is 2.97.